The van der Waals surface area contributed by atoms with Gasteiger partial charge < -0.3 is 19.8 Å². The molecule has 3 fully saturated rings. The molecular formula is C37H47N3O4S. The van der Waals surface area contributed by atoms with Crippen molar-refractivity contribution in [2.75, 3.05) is 31.1 Å². The lowest BCUT2D eigenvalue weighted by Crippen LogP contribution is -2.58. The van der Waals surface area contributed by atoms with Crippen LogP contribution in [0.15, 0.2) is 73.8 Å². The molecule has 45 heavy (non-hydrogen) atoms. The summed E-state index contributed by atoms with van der Waals surface area (Å²) in [6.07, 6.45) is 6.35. The largest absolute Gasteiger partial charge is 0.396 e. The Labute approximate surface area is 272 Å². The Bertz CT molecular complexity index is 1410. The molecule has 1 N–H and O–H groups in total. The van der Waals surface area contributed by atoms with Crippen LogP contribution in [0.3, 0.4) is 0 Å². The lowest BCUT2D eigenvalue weighted by atomic mass is 9.65. The zero-order valence-corrected chi connectivity index (χ0v) is 27.7. The van der Waals surface area contributed by atoms with E-state index in [9.17, 15) is 14.7 Å². The number of thioether (sulfide) groups is 1. The number of aryl methyl sites for hydroxylation is 2. The molecular weight excluding hydrogens is 582 g/mol. The molecule has 1 spiro atoms. The predicted octanol–water partition coefficient (Wildman–Crippen LogP) is 5.54. The number of fused-ring (bicyclic) bond motifs is 1. The highest BCUT2D eigenvalue weighted by molar-refractivity contribution is 8.02. The van der Waals surface area contributed by atoms with Gasteiger partial charge in [-0.25, -0.2) is 0 Å². The summed E-state index contributed by atoms with van der Waals surface area (Å²) in [5.41, 5.74) is 3.86. The number of amides is 3. The fourth-order valence-corrected chi connectivity index (χ4v) is 10.5. The maximum Gasteiger partial charge on any atom is 0.251 e. The number of rotatable bonds is 14. The van der Waals surface area contributed by atoms with E-state index < -0.39 is 22.6 Å². The van der Waals surface area contributed by atoms with Crippen LogP contribution in [0.1, 0.15) is 49.3 Å². The van der Waals surface area contributed by atoms with E-state index >= 15 is 4.79 Å². The van der Waals surface area contributed by atoms with E-state index in [4.69, 9.17) is 0 Å². The van der Waals surface area contributed by atoms with E-state index in [0.717, 1.165) is 35.2 Å². The average Bonchev–Trinajstić information content (AvgIpc) is 3.62. The van der Waals surface area contributed by atoms with Crippen molar-refractivity contribution in [3.8, 4) is 0 Å². The molecule has 2 aromatic rings. The molecule has 8 heteroatoms. The van der Waals surface area contributed by atoms with E-state index in [1.807, 2.05) is 72.2 Å². The summed E-state index contributed by atoms with van der Waals surface area (Å²) >= 11 is 1.71. The lowest BCUT2D eigenvalue weighted by Gasteiger charge is -2.41. The lowest BCUT2D eigenvalue weighted by molar-refractivity contribution is -0.144. The molecule has 0 aromatic heterocycles. The minimum absolute atomic E-state index is 0.0330. The van der Waals surface area contributed by atoms with Gasteiger partial charge in [-0.1, -0.05) is 67.6 Å². The van der Waals surface area contributed by atoms with Crippen LogP contribution in [0.25, 0.3) is 0 Å². The first kappa shape index (κ1) is 33.0. The SMILES string of the molecule is C=CCN(Cc1ccccc1)C(=O)[C@@H]1[C@@H]2CC(C)C3(S2)C(C(=O)N(CC=C)c2c(C)cccc2C)N(CCCCCO)C(=O)[C@H]13. The molecule has 240 valence electrons. The van der Waals surface area contributed by atoms with Crippen molar-refractivity contribution < 1.29 is 19.5 Å². The minimum atomic E-state index is -0.710. The second-order valence-corrected chi connectivity index (χ2v) is 14.4. The number of hydrogen-bond donors (Lipinski definition) is 1. The quantitative estimate of drug-likeness (QED) is 0.219. The first-order valence-corrected chi connectivity index (χ1v) is 17.1. The Hall–Kier alpha value is -3.36. The molecule has 0 aliphatic carbocycles. The molecule has 0 radical (unpaired) electrons. The first-order valence-electron chi connectivity index (χ1n) is 16.2. The number of unbranched alkanes of at least 4 members (excludes halogenated alkanes) is 2. The summed E-state index contributed by atoms with van der Waals surface area (Å²) in [5, 5.41) is 9.37. The van der Waals surface area contributed by atoms with E-state index in [-0.39, 0.29) is 35.5 Å². The van der Waals surface area contributed by atoms with Crippen LogP contribution in [0, 0.1) is 31.6 Å². The van der Waals surface area contributed by atoms with Crippen molar-refractivity contribution in [1.29, 1.82) is 0 Å². The van der Waals surface area contributed by atoms with Crippen molar-refractivity contribution >= 4 is 35.2 Å². The van der Waals surface area contributed by atoms with Gasteiger partial charge in [0.25, 0.3) is 5.91 Å². The number of hydrogen-bond acceptors (Lipinski definition) is 5. The molecule has 6 atom stereocenters. The van der Waals surface area contributed by atoms with E-state index in [1.165, 1.54) is 0 Å². The third-order valence-electron chi connectivity index (χ3n) is 9.99. The van der Waals surface area contributed by atoms with Crippen molar-refractivity contribution in [3.05, 3.63) is 90.5 Å². The molecule has 3 heterocycles. The molecule has 3 amide bonds. The fourth-order valence-electron chi connectivity index (χ4n) is 8.09. The molecule has 2 aromatic carbocycles. The molecule has 5 rings (SSSR count). The molecule has 3 aliphatic rings. The predicted molar refractivity (Wildman–Crippen MR) is 182 cm³/mol. The summed E-state index contributed by atoms with van der Waals surface area (Å²) in [6, 6.07) is 15.2. The highest BCUT2D eigenvalue weighted by Gasteiger charge is 2.76. The second-order valence-electron chi connectivity index (χ2n) is 12.8. The van der Waals surface area contributed by atoms with Crippen molar-refractivity contribution in [3.63, 3.8) is 0 Å². The third kappa shape index (κ3) is 5.87. The highest BCUT2D eigenvalue weighted by atomic mass is 32.2. The van der Waals surface area contributed by atoms with Crippen LogP contribution < -0.4 is 4.90 Å². The van der Waals surface area contributed by atoms with Crippen LogP contribution >= 0.6 is 11.8 Å². The number of para-hydroxylation sites is 1. The molecule has 7 nitrogen and oxygen atoms in total. The molecule has 3 saturated heterocycles. The Kier molecular flexibility index (Phi) is 10.2. The van der Waals surface area contributed by atoms with Gasteiger partial charge in [-0.15, -0.1) is 24.9 Å². The number of benzene rings is 2. The minimum Gasteiger partial charge on any atom is -0.396 e. The number of aliphatic hydroxyl groups excluding tert-OH is 1. The van der Waals surface area contributed by atoms with Crippen LogP contribution in [-0.2, 0) is 20.9 Å². The number of anilines is 1. The van der Waals surface area contributed by atoms with Crippen LogP contribution in [-0.4, -0.2) is 74.9 Å². The summed E-state index contributed by atoms with van der Waals surface area (Å²) < 4.78 is -0.710. The van der Waals surface area contributed by atoms with Gasteiger partial charge in [0.2, 0.25) is 11.8 Å². The molecule has 0 saturated carbocycles. The first-order chi connectivity index (χ1) is 21.7. The summed E-state index contributed by atoms with van der Waals surface area (Å²) in [6.45, 7) is 15.7. The smallest absolute Gasteiger partial charge is 0.251 e. The fraction of sp³-hybridized carbons (Fsp3) is 0.486. The zero-order chi connectivity index (χ0) is 32.3. The molecule has 3 aliphatic heterocycles. The van der Waals surface area contributed by atoms with E-state index in [2.05, 4.69) is 20.1 Å². The van der Waals surface area contributed by atoms with Crippen LogP contribution in [0.4, 0.5) is 5.69 Å². The normalized spacial score (nSPS) is 26.5. The van der Waals surface area contributed by atoms with Gasteiger partial charge >= 0.3 is 0 Å². The van der Waals surface area contributed by atoms with Gasteiger partial charge in [-0.3, -0.25) is 14.4 Å². The molecule has 3 unspecified atom stereocenters. The monoisotopic (exact) mass is 629 g/mol. The summed E-state index contributed by atoms with van der Waals surface area (Å²) in [7, 11) is 0. The Morgan fingerprint density at radius 1 is 1.00 bits per heavy atom. The Morgan fingerprint density at radius 2 is 1.69 bits per heavy atom. The van der Waals surface area contributed by atoms with E-state index in [1.54, 1.807) is 28.8 Å². The number of aliphatic hydroxyl groups is 1. The van der Waals surface area contributed by atoms with Crippen LogP contribution in [0.5, 0.6) is 0 Å². The summed E-state index contributed by atoms with van der Waals surface area (Å²) in [5.74, 6) is -1.24. The van der Waals surface area contributed by atoms with Gasteiger partial charge in [0, 0.05) is 43.7 Å². The molecule has 2 bridgehead atoms. The maximum absolute atomic E-state index is 15.0. The number of carbonyl (C=O) groups excluding carboxylic acids is 3. The average molecular weight is 630 g/mol. The highest BCUT2D eigenvalue weighted by Crippen LogP contribution is 2.69. The van der Waals surface area contributed by atoms with Gasteiger partial charge in [-0.05, 0) is 62.1 Å². The van der Waals surface area contributed by atoms with Gasteiger partial charge in [0.05, 0.1) is 16.6 Å². The Balaban J connectivity index is 1.56. The van der Waals surface area contributed by atoms with E-state index in [0.29, 0.717) is 39.0 Å². The Morgan fingerprint density at radius 3 is 2.33 bits per heavy atom. The van der Waals surface area contributed by atoms with Gasteiger partial charge in [0.15, 0.2) is 0 Å². The number of likely N-dealkylation sites (tertiary alicyclic amines) is 1. The number of carbonyl (C=O) groups is 3. The van der Waals surface area contributed by atoms with Crippen LogP contribution in [0.2, 0.25) is 0 Å². The summed E-state index contributed by atoms with van der Waals surface area (Å²) in [4.78, 5) is 49.7. The maximum atomic E-state index is 15.0. The topological polar surface area (TPSA) is 81.2 Å². The van der Waals surface area contributed by atoms with Crippen molar-refractivity contribution in [2.45, 2.75) is 69.0 Å². The van der Waals surface area contributed by atoms with Crippen molar-refractivity contribution in [1.82, 2.24) is 9.80 Å². The van der Waals surface area contributed by atoms with Gasteiger partial charge in [-0.2, -0.15) is 0 Å². The second kappa shape index (κ2) is 14.0. The van der Waals surface area contributed by atoms with Gasteiger partial charge in [0.1, 0.15) is 6.04 Å². The number of nitrogens with zero attached hydrogens (tertiary/aromatic N) is 3. The third-order valence-corrected chi connectivity index (χ3v) is 12.1. The van der Waals surface area contributed by atoms with Crippen molar-refractivity contribution in [2.24, 2.45) is 17.8 Å². The zero-order valence-electron chi connectivity index (χ0n) is 26.9. The standard InChI is InChI=1S/C37H47N3O4S/c1-6-19-38(24-28-17-10-8-11-18-28)34(42)30-29-23-27(5)37(45-29)31(30)35(43)40(21-12-9-13-22-41)33(37)36(44)39(20-7-2)32-25(3)15-14-16-26(32)4/h6-8,10-11,14-18,27,29-31,33,41H,1-2,9,12-13,19-24H2,3-5H3/t27?,29-,30+,31-,33?,37?/m0/s1.